The van der Waals surface area contributed by atoms with Gasteiger partial charge in [-0.3, -0.25) is 9.88 Å². The SMILES string of the molecule is Cc1cc(C)cc(C(c2cccnc2)N2CCNCC2)c1. The summed E-state index contributed by atoms with van der Waals surface area (Å²) in [5.41, 5.74) is 5.31. The summed E-state index contributed by atoms with van der Waals surface area (Å²) >= 11 is 0. The molecule has 3 nitrogen and oxygen atoms in total. The van der Waals surface area contributed by atoms with Gasteiger partial charge in [0.25, 0.3) is 0 Å². The third-order valence-corrected chi connectivity index (χ3v) is 4.08. The predicted molar refractivity (Wildman–Crippen MR) is 86.4 cm³/mol. The summed E-state index contributed by atoms with van der Waals surface area (Å²) in [4.78, 5) is 6.89. The third kappa shape index (κ3) is 3.31. The lowest BCUT2D eigenvalue weighted by Gasteiger charge is -2.35. The number of aryl methyl sites for hydroxylation is 2. The molecular formula is C18H23N3. The molecule has 1 aromatic heterocycles. The summed E-state index contributed by atoms with van der Waals surface area (Å²) in [5.74, 6) is 0. The number of pyridine rings is 1. The van der Waals surface area contributed by atoms with Crippen LogP contribution in [0.15, 0.2) is 42.7 Å². The topological polar surface area (TPSA) is 28.2 Å². The quantitative estimate of drug-likeness (QED) is 0.937. The smallest absolute Gasteiger partial charge is 0.0618 e. The maximum absolute atomic E-state index is 4.33. The number of piperazine rings is 1. The van der Waals surface area contributed by atoms with Crippen LogP contribution in [0, 0.1) is 13.8 Å². The Hall–Kier alpha value is -1.71. The molecule has 1 aliphatic heterocycles. The van der Waals surface area contributed by atoms with Crippen molar-refractivity contribution >= 4 is 0 Å². The van der Waals surface area contributed by atoms with Crippen LogP contribution in [0.4, 0.5) is 0 Å². The lowest BCUT2D eigenvalue weighted by Crippen LogP contribution is -2.45. The molecule has 1 N–H and O–H groups in total. The van der Waals surface area contributed by atoms with Crippen molar-refractivity contribution in [2.75, 3.05) is 26.2 Å². The van der Waals surface area contributed by atoms with Crippen LogP contribution < -0.4 is 5.32 Å². The molecule has 1 aromatic carbocycles. The van der Waals surface area contributed by atoms with Crippen LogP contribution in [0.25, 0.3) is 0 Å². The number of hydrogen-bond donors (Lipinski definition) is 1. The van der Waals surface area contributed by atoms with E-state index in [2.05, 4.69) is 53.3 Å². The lowest BCUT2D eigenvalue weighted by atomic mass is 9.95. The van der Waals surface area contributed by atoms with Crippen molar-refractivity contribution < 1.29 is 0 Å². The summed E-state index contributed by atoms with van der Waals surface area (Å²) in [6.45, 7) is 8.62. The van der Waals surface area contributed by atoms with E-state index in [0.29, 0.717) is 6.04 Å². The van der Waals surface area contributed by atoms with E-state index in [9.17, 15) is 0 Å². The molecule has 1 aliphatic rings. The molecule has 3 heteroatoms. The minimum Gasteiger partial charge on any atom is -0.314 e. The first-order valence-corrected chi connectivity index (χ1v) is 7.67. The monoisotopic (exact) mass is 281 g/mol. The number of benzene rings is 1. The third-order valence-electron chi connectivity index (χ3n) is 4.08. The molecule has 21 heavy (non-hydrogen) atoms. The normalized spacial score (nSPS) is 17.6. The van der Waals surface area contributed by atoms with Gasteiger partial charge in [0, 0.05) is 38.6 Å². The largest absolute Gasteiger partial charge is 0.314 e. The Morgan fingerprint density at radius 3 is 2.38 bits per heavy atom. The highest BCUT2D eigenvalue weighted by atomic mass is 15.2. The number of nitrogens with zero attached hydrogens (tertiary/aromatic N) is 2. The Morgan fingerprint density at radius 1 is 1.05 bits per heavy atom. The first-order chi connectivity index (χ1) is 10.2. The molecule has 0 spiro atoms. The second kappa shape index (κ2) is 6.37. The van der Waals surface area contributed by atoms with E-state index < -0.39 is 0 Å². The average Bonchev–Trinajstić information content (AvgIpc) is 2.49. The number of hydrogen-bond acceptors (Lipinski definition) is 3. The van der Waals surface area contributed by atoms with E-state index in [4.69, 9.17) is 0 Å². The van der Waals surface area contributed by atoms with Crippen molar-refractivity contribution in [3.05, 3.63) is 65.0 Å². The first kappa shape index (κ1) is 14.2. The van der Waals surface area contributed by atoms with Crippen LogP contribution >= 0.6 is 0 Å². The molecule has 0 saturated carbocycles. The first-order valence-electron chi connectivity index (χ1n) is 7.67. The van der Waals surface area contributed by atoms with Crippen molar-refractivity contribution in [1.82, 2.24) is 15.2 Å². The maximum atomic E-state index is 4.33. The van der Waals surface area contributed by atoms with Crippen LogP contribution in [0.5, 0.6) is 0 Å². The predicted octanol–water partition coefficient (Wildman–Crippen LogP) is 2.69. The number of aromatic nitrogens is 1. The van der Waals surface area contributed by atoms with Gasteiger partial charge in [-0.2, -0.15) is 0 Å². The molecule has 1 saturated heterocycles. The van der Waals surface area contributed by atoms with Crippen molar-refractivity contribution in [1.29, 1.82) is 0 Å². The molecule has 110 valence electrons. The molecule has 3 rings (SSSR count). The van der Waals surface area contributed by atoms with E-state index >= 15 is 0 Å². The highest BCUT2D eigenvalue weighted by molar-refractivity contribution is 5.36. The molecule has 0 amide bonds. The summed E-state index contributed by atoms with van der Waals surface area (Å²) in [7, 11) is 0. The fourth-order valence-corrected chi connectivity index (χ4v) is 3.26. The summed E-state index contributed by atoms with van der Waals surface area (Å²) in [5, 5.41) is 3.44. The van der Waals surface area contributed by atoms with E-state index in [1.54, 1.807) is 0 Å². The molecule has 1 fully saturated rings. The second-order valence-electron chi connectivity index (χ2n) is 5.90. The Balaban J connectivity index is 2.02. The second-order valence-corrected chi connectivity index (χ2v) is 5.90. The van der Waals surface area contributed by atoms with Crippen LogP contribution in [0.1, 0.15) is 28.3 Å². The minimum atomic E-state index is 0.305. The summed E-state index contributed by atoms with van der Waals surface area (Å²) < 4.78 is 0. The zero-order valence-electron chi connectivity index (χ0n) is 12.8. The number of nitrogens with one attached hydrogen (secondary N) is 1. The van der Waals surface area contributed by atoms with Gasteiger partial charge in [0.1, 0.15) is 0 Å². The Bertz CT molecular complexity index is 568. The molecule has 0 bridgehead atoms. The molecule has 0 aliphatic carbocycles. The van der Waals surface area contributed by atoms with E-state index in [-0.39, 0.29) is 0 Å². The zero-order chi connectivity index (χ0) is 14.7. The van der Waals surface area contributed by atoms with Crippen molar-refractivity contribution in [3.8, 4) is 0 Å². The van der Waals surface area contributed by atoms with Gasteiger partial charge in [-0.05, 0) is 31.0 Å². The Morgan fingerprint density at radius 2 is 1.76 bits per heavy atom. The van der Waals surface area contributed by atoms with Crippen LogP contribution in [0.2, 0.25) is 0 Å². The molecule has 1 unspecified atom stereocenters. The van der Waals surface area contributed by atoms with E-state index in [1.165, 1.54) is 22.3 Å². The van der Waals surface area contributed by atoms with Crippen molar-refractivity contribution in [2.45, 2.75) is 19.9 Å². The highest BCUT2D eigenvalue weighted by Gasteiger charge is 2.24. The fourth-order valence-electron chi connectivity index (χ4n) is 3.26. The standard InChI is InChI=1S/C18H23N3/c1-14-10-15(2)12-17(11-14)18(16-4-3-5-20-13-16)21-8-6-19-7-9-21/h3-5,10-13,18-19H,6-9H2,1-2H3. The summed E-state index contributed by atoms with van der Waals surface area (Å²) in [6.07, 6.45) is 3.85. The van der Waals surface area contributed by atoms with Crippen LogP contribution in [-0.2, 0) is 0 Å². The Kier molecular flexibility index (Phi) is 4.32. The lowest BCUT2D eigenvalue weighted by molar-refractivity contribution is 0.198. The van der Waals surface area contributed by atoms with Gasteiger partial charge >= 0.3 is 0 Å². The van der Waals surface area contributed by atoms with Crippen molar-refractivity contribution in [2.24, 2.45) is 0 Å². The fraction of sp³-hybridized carbons (Fsp3) is 0.389. The molecule has 0 radical (unpaired) electrons. The number of rotatable bonds is 3. The molecule has 2 heterocycles. The van der Waals surface area contributed by atoms with Gasteiger partial charge in [0.05, 0.1) is 6.04 Å². The average molecular weight is 281 g/mol. The zero-order valence-corrected chi connectivity index (χ0v) is 12.8. The molecular weight excluding hydrogens is 258 g/mol. The minimum absolute atomic E-state index is 0.305. The van der Waals surface area contributed by atoms with Gasteiger partial charge in [0.15, 0.2) is 0 Å². The van der Waals surface area contributed by atoms with Crippen molar-refractivity contribution in [3.63, 3.8) is 0 Å². The highest BCUT2D eigenvalue weighted by Crippen LogP contribution is 2.29. The van der Waals surface area contributed by atoms with Gasteiger partial charge in [-0.1, -0.05) is 35.4 Å². The van der Waals surface area contributed by atoms with E-state index in [1.807, 2.05) is 18.5 Å². The van der Waals surface area contributed by atoms with Gasteiger partial charge in [0.2, 0.25) is 0 Å². The molecule has 2 aromatic rings. The Labute approximate surface area is 127 Å². The van der Waals surface area contributed by atoms with Crippen LogP contribution in [-0.4, -0.2) is 36.1 Å². The van der Waals surface area contributed by atoms with E-state index in [0.717, 1.165) is 26.2 Å². The van der Waals surface area contributed by atoms with Crippen LogP contribution in [0.3, 0.4) is 0 Å². The van der Waals surface area contributed by atoms with Gasteiger partial charge in [-0.15, -0.1) is 0 Å². The van der Waals surface area contributed by atoms with Gasteiger partial charge < -0.3 is 5.32 Å². The van der Waals surface area contributed by atoms with Gasteiger partial charge in [-0.25, -0.2) is 0 Å². The molecule has 1 atom stereocenters. The maximum Gasteiger partial charge on any atom is 0.0618 e. The summed E-state index contributed by atoms with van der Waals surface area (Å²) in [6, 6.07) is 11.4.